The molecule has 3 heterocycles. The first kappa shape index (κ1) is 20.0. The molecule has 0 radical (unpaired) electrons. The lowest BCUT2D eigenvalue weighted by Gasteiger charge is -2.34. The molecular weight excluding hydrogens is 384 g/mol. The van der Waals surface area contributed by atoms with Gasteiger partial charge in [0.05, 0.1) is 5.69 Å². The summed E-state index contributed by atoms with van der Waals surface area (Å²) in [6.07, 6.45) is 2.78. The van der Waals surface area contributed by atoms with E-state index in [4.69, 9.17) is 0 Å². The van der Waals surface area contributed by atoms with Crippen molar-refractivity contribution in [2.45, 2.75) is 39.7 Å². The van der Waals surface area contributed by atoms with Crippen molar-refractivity contribution in [3.8, 4) is 0 Å². The van der Waals surface area contributed by atoms with Crippen molar-refractivity contribution in [1.29, 1.82) is 0 Å². The highest BCUT2D eigenvalue weighted by atomic mass is 32.1. The number of benzene rings is 1. The molecule has 2 atom stereocenters. The van der Waals surface area contributed by atoms with E-state index in [0.717, 1.165) is 55.8 Å². The van der Waals surface area contributed by atoms with E-state index in [1.807, 2.05) is 17.5 Å². The summed E-state index contributed by atoms with van der Waals surface area (Å²) >= 11 is 1.46. The maximum atomic E-state index is 12.6. The van der Waals surface area contributed by atoms with E-state index in [1.54, 1.807) is 17.0 Å². The van der Waals surface area contributed by atoms with Crippen molar-refractivity contribution in [2.24, 2.45) is 11.8 Å². The smallest absolute Gasteiger partial charge is 0.257 e. The average Bonchev–Trinajstić information content (AvgIpc) is 3.30. The molecule has 2 aliphatic heterocycles. The van der Waals surface area contributed by atoms with Gasteiger partial charge in [0.1, 0.15) is 0 Å². The summed E-state index contributed by atoms with van der Waals surface area (Å²) in [5, 5.41) is 5.56. The van der Waals surface area contributed by atoms with E-state index in [2.05, 4.69) is 29.0 Å². The fourth-order valence-electron chi connectivity index (χ4n) is 4.47. The van der Waals surface area contributed by atoms with Crippen LogP contribution in [0.5, 0.6) is 0 Å². The molecule has 2 amide bonds. The largest absolute Gasteiger partial charge is 0.312 e. The minimum absolute atomic E-state index is 0.148. The molecule has 1 aromatic heterocycles. The van der Waals surface area contributed by atoms with E-state index in [1.165, 1.54) is 17.8 Å². The Kier molecular flexibility index (Phi) is 5.96. The molecule has 4 rings (SSSR count). The summed E-state index contributed by atoms with van der Waals surface area (Å²) in [5.41, 5.74) is 2.43. The van der Waals surface area contributed by atoms with Gasteiger partial charge in [0.2, 0.25) is 5.91 Å². The SMILES string of the molecule is C[C@@H]1C[C@H](C)CN(Cc2csc(NC(=O)c3ccc(N4CCCC4=O)cc3)n2)C1. The van der Waals surface area contributed by atoms with Crippen molar-refractivity contribution in [1.82, 2.24) is 9.88 Å². The van der Waals surface area contributed by atoms with Crippen LogP contribution in [0.15, 0.2) is 29.6 Å². The van der Waals surface area contributed by atoms with Crippen molar-refractivity contribution < 1.29 is 9.59 Å². The van der Waals surface area contributed by atoms with Gasteiger partial charge >= 0.3 is 0 Å². The third-order valence-electron chi connectivity index (χ3n) is 5.62. The number of anilines is 2. The highest BCUT2D eigenvalue weighted by molar-refractivity contribution is 7.14. The van der Waals surface area contributed by atoms with Crippen LogP contribution in [0.25, 0.3) is 0 Å². The van der Waals surface area contributed by atoms with Gasteiger partial charge in [-0.05, 0) is 48.9 Å². The van der Waals surface area contributed by atoms with E-state index < -0.39 is 0 Å². The molecule has 2 saturated heterocycles. The number of hydrogen-bond donors (Lipinski definition) is 1. The lowest BCUT2D eigenvalue weighted by atomic mass is 9.92. The number of thiazole rings is 1. The maximum absolute atomic E-state index is 12.6. The fraction of sp³-hybridized carbons (Fsp3) is 0.500. The maximum Gasteiger partial charge on any atom is 0.257 e. The second kappa shape index (κ2) is 8.63. The average molecular weight is 413 g/mol. The predicted molar refractivity (Wildman–Crippen MR) is 116 cm³/mol. The summed E-state index contributed by atoms with van der Waals surface area (Å²) in [7, 11) is 0. The normalized spacial score (nSPS) is 22.8. The van der Waals surface area contributed by atoms with Gasteiger partial charge in [-0.15, -0.1) is 11.3 Å². The van der Waals surface area contributed by atoms with Gasteiger partial charge in [-0.2, -0.15) is 0 Å². The van der Waals surface area contributed by atoms with Gasteiger partial charge in [-0.1, -0.05) is 13.8 Å². The molecule has 6 nitrogen and oxygen atoms in total. The number of rotatable bonds is 5. The zero-order valence-corrected chi connectivity index (χ0v) is 17.9. The van der Waals surface area contributed by atoms with E-state index in [9.17, 15) is 9.59 Å². The number of carbonyl (C=O) groups is 2. The highest BCUT2D eigenvalue weighted by Crippen LogP contribution is 2.25. The molecule has 2 aromatic rings. The third kappa shape index (κ3) is 4.85. The summed E-state index contributed by atoms with van der Waals surface area (Å²) in [6, 6.07) is 7.21. The number of aromatic nitrogens is 1. The van der Waals surface area contributed by atoms with Gasteiger partial charge < -0.3 is 4.90 Å². The van der Waals surface area contributed by atoms with E-state index in [0.29, 0.717) is 17.1 Å². The van der Waals surface area contributed by atoms with Crippen LogP contribution in [0.4, 0.5) is 10.8 Å². The Morgan fingerprint density at radius 1 is 1.21 bits per heavy atom. The van der Waals surface area contributed by atoms with Crippen LogP contribution in [0.3, 0.4) is 0 Å². The van der Waals surface area contributed by atoms with Crippen LogP contribution in [0.2, 0.25) is 0 Å². The van der Waals surface area contributed by atoms with Crippen molar-refractivity contribution in [3.05, 3.63) is 40.9 Å². The standard InChI is InChI=1S/C22H28N4O2S/c1-15-10-16(2)12-25(11-15)13-18-14-29-22(23-18)24-21(28)17-5-7-19(8-6-17)26-9-3-4-20(26)27/h5-8,14-16H,3-4,9-13H2,1-2H3,(H,23,24,28)/t15-,16+. The Labute approximate surface area is 175 Å². The molecule has 29 heavy (non-hydrogen) atoms. The number of hydrogen-bond acceptors (Lipinski definition) is 5. The van der Waals surface area contributed by atoms with E-state index >= 15 is 0 Å². The quantitative estimate of drug-likeness (QED) is 0.806. The van der Waals surface area contributed by atoms with Crippen LogP contribution in [0, 0.1) is 11.8 Å². The van der Waals surface area contributed by atoms with E-state index in [-0.39, 0.29) is 11.8 Å². The lowest BCUT2D eigenvalue weighted by molar-refractivity contribution is -0.117. The number of carbonyl (C=O) groups excluding carboxylic acids is 2. The molecule has 0 unspecified atom stereocenters. The Hall–Kier alpha value is -2.25. The fourth-order valence-corrected chi connectivity index (χ4v) is 5.17. The summed E-state index contributed by atoms with van der Waals surface area (Å²) < 4.78 is 0. The first-order chi connectivity index (χ1) is 14.0. The summed E-state index contributed by atoms with van der Waals surface area (Å²) in [5.74, 6) is 1.41. The zero-order valence-electron chi connectivity index (χ0n) is 17.1. The Morgan fingerprint density at radius 3 is 2.59 bits per heavy atom. The molecule has 0 spiro atoms. The molecule has 1 aromatic carbocycles. The Balaban J connectivity index is 1.34. The molecule has 0 aliphatic carbocycles. The second-order valence-electron chi connectivity index (χ2n) is 8.43. The van der Waals surface area contributed by atoms with Gasteiger partial charge in [0.15, 0.2) is 5.13 Å². The lowest BCUT2D eigenvalue weighted by Crippen LogP contribution is -2.38. The van der Waals surface area contributed by atoms with Crippen LogP contribution in [-0.4, -0.2) is 41.3 Å². The van der Waals surface area contributed by atoms with Gasteiger partial charge in [-0.3, -0.25) is 19.8 Å². The number of amides is 2. The Morgan fingerprint density at radius 2 is 1.93 bits per heavy atom. The first-order valence-corrected chi connectivity index (χ1v) is 11.2. The third-order valence-corrected chi connectivity index (χ3v) is 6.42. The van der Waals surface area contributed by atoms with Gasteiger partial charge in [0, 0.05) is 49.2 Å². The molecule has 7 heteroatoms. The minimum atomic E-state index is -0.176. The van der Waals surface area contributed by atoms with Crippen LogP contribution >= 0.6 is 11.3 Å². The molecule has 2 fully saturated rings. The van der Waals surface area contributed by atoms with Gasteiger partial charge in [-0.25, -0.2) is 4.98 Å². The Bertz CT molecular complexity index is 869. The molecule has 154 valence electrons. The molecular formula is C22H28N4O2S. The van der Waals surface area contributed by atoms with Crippen molar-refractivity contribution in [2.75, 3.05) is 29.9 Å². The van der Waals surface area contributed by atoms with Crippen LogP contribution in [-0.2, 0) is 11.3 Å². The van der Waals surface area contributed by atoms with Crippen LogP contribution in [0.1, 0.15) is 49.2 Å². The predicted octanol–water partition coefficient (Wildman–Crippen LogP) is 4.00. The van der Waals surface area contributed by atoms with Gasteiger partial charge in [0.25, 0.3) is 5.91 Å². The zero-order chi connectivity index (χ0) is 20.4. The number of nitrogens with zero attached hydrogens (tertiary/aromatic N) is 3. The molecule has 2 aliphatic rings. The second-order valence-corrected chi connectivity index (χ2v) is 9.29. The molecule has 1 N–H and O–H groups in total. The topological polar surface area (TPSA) is 65.5 Å². The van der Waals surface area contributed by atoms with Crippen LogP contribution < -0.4 is 10.2 Å². The van der Waals surface area contributed by atoms with Crippen molar-refractivity contribution in [3.63, 3.8) is 0 Å². The molecule has 0 saturated carbocycles. The summed E-state index contributed by atoms with van der Waals surface area (Å²) in [6.45, 7) is 8.41. The minimum Gasteiger partial charge on any atom is -0.312 e. The number of likely N-dealkylation sites (tertiary alicyclic amines) is 1. The van der Waals surface area contributed by atoms with Crippen molar-refractivity contribution >= 4 is 34.0 Å². The first-order valence-electron chi connectivity index (χ1n) is 10.4. The summed E-state index contributed by atoms with van der Waals surface area (Å²) in [4.78, 5) is 33.2. The highest BCUT2D eigenvalue weighted by Gasteiger charge is 2.23. The number of piperidine rings is 1. The monoisotopic (exact) mass is 412 g/mol. The molecule has 0 bridgehead atoms. The number of nitrogens with one attached hydrogen (secondary N) is 1.